The summed E-state index contributed by atoms with van der Waals surface area (Å²) in [7, 11) is 1.85. The largest absolute Gasteiger partial charge is 0.381 e. The maximum absolute atomic E-state index is 12.5. The standard InChI is InChI=1S/C22H31N5O2S.C4H6O/c1-15-13-24-20(23-3)12-19(15)17-10-21(25-22(28)11-17)27-7-6-26(14-16(27)2)30-18-4-8-29-9-5-18;5-3-4-1-2-4/h10-13,16,18H,4-9,14H2,1-3H3,(H,23,24)(H,25,28);3-4H,1-2H2. The average Bonchev–Trinajstić information content (AvgIpc) is 3.70. The number of H-pyrrole nitrogens is 1. The van der Waals surface area contributed by atoms with Crippen LogP contribution in [0.15, 0.2) is 29.2 Å². The predicted octanol–water partition coefficient (Wildman–Crippen LogP) is 3.72. The van der Waals surface area contributed by atoms with Crippen LogP contribution in [0.1, 0.15) is 38.2 Å². The summed E-state index contributed by atoms with van der Waals surface area (Å²) in [5, 5.41) is 3.74. The lowest BCUT2D eigenvalue weighted by Crippen LogP contribution is -2.50. The highest BCUT2D eigenvalue weighted by Crippen LogP contribution is 2.31. The van der Waals surface area contributed by atoms with E-state index in [1.165, 1.54) is 0 Å². The molecule has 0 amide bonds. The van der Waals surface area contributed by atoms with Gasteiger partial charge in [0.05, 0.1) is 0 Å². The van der Waals surface area contributed by atoms with Crippen LogP contribution in [0, 0.1) is 12.8 Å². The number of aldehydes is 1. The first-order valence-corrected chi connectivity index (χ1v) is 13.4. The van der Waals surface area contributed by atoms with Crippen LogP contribution in [0.2, 0.25) is 0 Å². The van der Waals surface area contributed by atoms with E-state index in [0.717, 1.165) is 93.1 Å². The quantitative estimate of drug-likeness (QED) is 0.459. The number of anilines is 2. The van der Waals surface area contributed by atoms with Gasteiger partial charge in [0.25, 0.3) is 0 Å². The maximum Gasteiger partial charge on any atom is 0.250 e. The number of ether oxygens (including phenoxy) is 1. The van der Waals surface area contributed by atoms with Crippen LogP contribution in [0.25, 0.3) is 11.1 Å². The Morgan fingerprint density at radius 2 is 1.94 bits per heavy atom. The first kappa shape index (κ1) is 25.7. The van der Waals surface area contributed by atoms with E-state index < -0.39 is 0 Å². The number of aromatic amines is 1. The highest BCUT2D eigenvalue weighted by molar-refractivity contribution is 7.97. The van der Waals surface area contributed by atoms with Crippen molar-refractivity contribution in [2.24, 2.45) is 5.92 Å². The fourth-order valence-corrected chi connectivity index (χ4v) is 5.73. The summed E-state index contributed by atoms with van der Waals surface area (Å²) in [6, 6.07) is 6.09. The molecule has 2 N–H and O–H groups in total. The van der Waals surface area contributed by atoms with Gasteiger partial charge in [-0.1, -0.05) is 11.9 Å². The number of aromatic nitrogens is 2. The molecule has 2 aliphatic heterocycles. The van der Waals surface area contributed by atoms with Gasteiger partial charge in [-0.05, 0) is 68.4 Å². The minimum atomic E-state index is -0.0732. The van der Waals surface area contributed by atoms with Gasteiger partial charge in [0.15, 0.2) is 0 Å². The van der Waals surface area contributed by atoms with E-state index in [9.17, 15) is 9.59 Å². The minimum absolute atomic E-state index is 0.0732. The normalized spacial score (nSPS) is 21.2. The molecule has 1 saturated carbocycles. The molecule has 3 fully saturated rings. The van der Waals surface area contributed by atoms with Gasteiger partial charge >= 0.3 is 0 Å². The molecule has 4 heterocycles. The van der Waals surface area contributed by atoms with Gasteiger partial charge in [-0.15, -0.1) is 0 Å². The van der Waals surface area contributed by atoms with E-state index in [1.807, 2.05) is 38.2 Å². The van der Waals surface area contributed by atoms with E-state index in [-0.39, 0.29) is 5.56 Å². The molecule has 2 saturated heterocycles. The van der Waals surface area contributed by atoms with Gasteiger partial charge in [-0.3, -0.25) is 4.79 Å². The fourth-order valence-electron chi connectivity index (χ4n) is 4.41. The molecule has 1 atom stereocenters. The summed E-state index contributed by atoms with van der Waals surface area (Å²) < 4.78 is 7.98. The van der Waals surface area contributed by atoms with Crippen molar-refractivity contribution in [1.82, 2.24) is 14.3 Å². The second kappa shape index (κ2) is 12.1. The summed E-state index contributed by atoms with van der Waals surface area (Å²) >= 11 is 1.99. The summed E-state index contributed by atoms with van der Waals surface area (Å²) in [5.74, 6) is 2.14. The highest BCUT2D eigenvalue weighted by atomic mass is 32.2. The Labute approximate surface area is 212 Å². The third-order valence-electron chi connectivity index (χ3n) is 6.68. The molecule has 2 aromatic rings. The molecule has 0 spiro atoms. The van der Waals surface area contributed by atoms with Crippen molar-refractivity contribution in [2.75, 3.05) is 50.1 Å². The van der Waals surface area contributed by atoms with Crippen LogP contribution in [-0.4, -0.2) is 71.7 Å². The number of hydrogen-bond donors (Lipinski definition) is 2. The molecular weight excluding hydrogens is 462 g/mol. The molecule has 1 unspecified atom stereocenters. The summed E-state index contributed by atoms with van der Waals surface area (Å²) in [6.45, 7) is 8.88. The van der Waals surface area contributed by atoms with Gasteiger partial charge < -0.3 is 24.7 Å². The number of nitrogens with one attached hydrogen (secondary N) is 2. The Morgan fingerprint density at radius 1 is 1.17 bits per heavy atom. The maximum atomic E-state index is 12.5. The van der Waals surface area contributed by atoms with E-state index >= 15 is 0 Å². The Kier molecular flexibility index (Phi) is 8.86. The first-order chi connectivity index (χ1) is 17.0. The number of nitrogens with zero attached hydrogens (tertiary/aromatic N) is 3. The minimum Gasteiger partial charge on any atom is -0.381 e. The Bertz CT molecular complexity index is 1050. The zero-order chi connectivity index (χ0) is 24.8. The number of hydrogen-bond acceptors (Lipinski definition) is 8. The number of pyridine rings is 2. The highest BCUT2D eigenvalue weighted by Gasteiger charge is 2.28. The molecule has 0 bridgehead atoms. The van der Waals surface area contributed by atoms with Gasteiger partial charge in [-0.25, -0.2) is 9.29 Å². The van der Waals surface area contributed by atoms with Crippen molar-refractivity contribution >= 4 is 29.9 Å². The number of carbonyl (C=O) groups excluding carboxylic acids is 1. The lowest BCUT2D eigenvalue weighted by molar-refractivity contribution is -0.108. The van der Waals surface area contributed by atoms with Crippen molar-refractivity contribution < 1.29 is 9.53 Å². The molecular formula is C26H37N5O3S. The van der Waals surface area contributed by atoms with E-state index in [0.29, 0.717) is 17.2 Å². The Balaban J connectivity index is 0.000000514. The van der Waals surface area contributed by atoms with Crippen LogP contribution >= 0.6 is 11.9 Å². The third-order valence-corrected chi connectivity index (χ3v) is 8.08. The lowest BCUT2D eigenvalue weighted by atomic mass is 10.0. The van der Waals surface area contributed by atoms with E-state index in [1.54, 1.807) is 6.07 Å². The second-order valence-corrected chi connectivity index (χ2v) is 11.0. The van der Waals surface area contributed by atoms with Crippen molar-refractivity contribution in [3.05, 3.63) is 40.3 Å². The number of carbonyl (C=O) groups is 1. The monoisotopic (exact) mass is 499 g/mol. The smallest absolute Gasteiger partial charge is 0.250 e. The Hall–Kier alpha value is -2.36. The topological polar surface area (TPSA) is 90.6 Å². The van der Waals surface area contributed by atoms with Crippen LogP contribution in [0.5, 0.6) is 0 Å². The third kappa shape index (κ3) is 7.08. The molecule has 35 heavy (non-hydrogen) atoms. The van der Waals surface area contributed by atoms with Gasteiger partial charge in [0.2, 0.25) is 5.56 Å². The summed E-state index contributed by atoms with van der Waals surface area (Å²) in [5.41, 5.74) is 2.94. The summed E-state index contributed by atoms with van der Waals surface area (Å²) in [4.78, 5) is 31.8. The van der Waals surface area contributed by atoms with Gasteiger partial charge in [0.1, 0.15) is 17.9 Å². The molecule has 190 valence electrons. The van der Waals surface area contributed by atoms with Gasteiger partial charge in [0, 0.05) is 69.4 Å². The van der Waals surface area contributed by atoms with E-state index in [4.69, 9.17) is 4.74 Å². The van der Waals surface area contributed by atoms with Crippen molar-refractivity contribution in [2.45, 2.75) is 50.8 Å². The molecule has 0 radical (unpaired) electrons. The van der Waals surface area contributed by atoms with Crippen molar-refractivity contribution in [3.8, 4) is 11.1 Å². The zero-order valence-corrected chi connectivity index (χ0v) is 21.8. The molecule has 5 rings (SSSR count). The fraction of sp³-hybridized carbons (Fsp3) is 0.577. The molecule has 0 aromatic carbocycles. The number of piperazine rings is 1. The molecule has 3 aliphatic rings. The van der Waals surface area contributed by atoms with Crippen LogP contribution in [0.3, 0.4) is 0 Å². The number of aryl methyl sites for hydroxylation is 1. The summed E-state index contributed by atoms with van der Waals surface area (Å²) in [6.07, 6.45) is 7.42. The van der Waals surface area contributed by atoms with Gasteiger partial charge in [-0.2, -0.15) is 0 Å². The molecule has 8 nitrogen and oxygen atoms in total. The molecule has 9 heteroatoms. The van der Waals surface area contributed by atoms with Crippen LogP contribution in [-0.2, 0) is 9.53 Å². The zero-order valence-electron chi connectivity index (χ0n) is 21.0. The SMILES string of the molecule is CNc1cc(-c2cc(N3CCN(SC4CCOCC4)CC3C)[nH]c(=O)c2)c(C)cn1.O=CC1CC1. The van der Waals surface area contributed by atoms with Crippen LogP contribution < -0.4 is 15.8 Å². The lowest BCUT2D eigenvalue weighted by Gasteiger charge is -2.41. The second-order valence-electron chi connectivity index (χ2n) is 9.57. The van der Waals surface area contributed by atoms with Crippen molar-refractivity contribution in [1.29, 1.82) is 0 Å². The number of rotatable bonds is 6. The van der Waals surface area contributed by atoms with E-state index in [2.05, 4.69) is 37.5 Å². The van der Waals surface area contributed by atoms with Crippen LogP contribution in [0.4, 0.5) is 11.6 Å². The molecule has 2 aromatic heterocycles. The van der Waals surface area contributed by atoms with Crippen molar-refractivity contribution in [3.63, 3.8) is 0 Å². The first-order valence-electron chi connectivity index (χ1n) is 12.6. The Morgan fingerprint density at radius 3 is 2.57 bits per heavy atom. The average molecular weight is 500 g/mol. The predicted molar refractivity (Wildman–Crippen MR) is 143 cm³/mol. The molecule has 1 aliphatic carbocycles.